The third-order valence-corrected chi connectivity index (χ3v) is 4.80. The van der Waals surface area contributed by atoms with E-state index in [0.717, 1.165) is 54.9 Å². The van der Waals surface area contributed by atoms with Crippen LogP contribution in [-0.2, 0) is 18.5 Å². The predicted octanol–water partition coefficient (Wildman–Crippen LogP) is 2.27. The van der Waals surface area contributed by atoms with E-state index in [-0.39, 0.29) is 5.41 Å². The number of fused-ring (bicyclic) bond motifs is 1. The van der Waals surface area contributed by atoms with Crippen molar-refractivity contribution in [1.29, 1.82) is 0 Å². The summed E-state index contributed by atoms with van der Waals surface area (Å²) in [7, 11) is 0. The fourth-order valence-electron chi connectivity index (χ4n) is 3.39. The molecule has 2 aromatic heterocycles. The molecule has 2 N–H and O–H groups in total. The molecule has 1 saturated heterocycles. The van der Waals surface area contributed by atoms with Crippen LogP contribution in [0.4, 0.5) is 17.6 Å². The topological polar surface area (TPSA) is 84.1 Å². The summed E-state index contributed by atoms with van der Waals surface area (Å²) in [5, 5.41) is 0. The zero-order valence-electron chi connectivity index (χ0n) is 15.2. The van der Waals surface area contributed by atoms with Crippen molar-refractivity contribution in [2.75, 3.05) is 28.6 Å². The van der Waals surface area contributed by atoms with Crippen molar-refractivity contribution in [3.05, 3.63) is 29.3 Å². The van der Waals surface area contributed by atoms with E-state index >= 15 is 0 Å². The molecule has 0 unspecified atom stereocenters. The van der Waals surface area contributed by atoms with Crippen molar-refractivity contribution in [1.82, 2.24) is 19.9 Å². The second kappa shape index (κ2) is 5.82. The van der Waals surface area contributed by atoms with Crippen molar-refractivity contribution >= 4 is 17.6 Å². The molecule has 7 heteroatoms. The largest absolute Gasteiger partial charge is 0.368 e. The number of rotatable bonds is 2. The van der Waals surface area contributed by atoms with Crippen molar-refractivity contribution in [3.63, 3.8) is 0 Å². The number of nitrogens with two attached hydrogens (primary N) is 1. The second-order valence-corrected chi connectivity index (χ2v) is 7.91. The van der Waals surface area contributed by atoms with Gasteiger partial charge in [0.15, 0.2) is 0 Å². The molecule has 4 rings (SSSR count). The molecule has 0 radical (unpaired) electrons. The molecule has 0 saturated carbocycles. The summed E-state index contributed by atoms with van der Waals surface area (Å²) in [6.07, 6.45) is 4.37. The fraction of sp³-hybridized carbons (Fsp3) is 0.556. The highest BCUT2D eigenvalue weighted by Crippen LogP contribution is 2.30. The van der Waals surface area contributed by atoms with E-state index in [1.807, 2.05) is 12.3 Å². The monoisotopic (exact) mass is 339 g/mol. The first kappa shape index (κ1) is 16.1. The molecule has 132 valence electrons. The van der Waals surface area contributed by atoms with Crippen molar-refractivity contribution in [2.45, 2.75) is 52.1 Å². The SMILES string of the molecule is CC(C)(C)c1ncc2c(n1)CN(c1cc(N3CCCC3)nc(N)n1)C2. The van der Waals surface area contributed by atoms with Gasteiger partial charge in [0.05, 0.1) is 12.2 Å². The van der Waals surface area contributed by atoms with Crippen molar-refractivity contribution in [3.8, 4) is 0 Å². The Hall–Kier alpha value is -2.44. The summed E-state index contributed by atoms with van der Waals surface area (Å²) < 4.78 is 0. The lowest BCUT2D eigenvalue weighted by molar-refractivity contribution is 0.541. The van der Waals surface area contributed by atoms with Crippen LogP contribution in [0.15, 0.2) is 12.3 Å². The zero-order valence-corrected chi connectivity index (χ0v) is 15.2. The van der Waals surface area contributed by atoms with E-state index in [4.69, 9.17) is 10.7 Å². The number of nitrogens with zero attached hydrogens (tertiary/aromatic N) is 6. The van der Waals surface area contributed by atoms with Gasteiger partial charge in [-0.2, -0.15) is 9.97 Å². The maximum absolute atomic E-state index is 5.98. The summed E-state index contributed by atoms with van der Waals surface area (Å²) in [4.78, 5) is 22.7. The highest BCUT2D eigenvalue weighted by Gasteiger charge is 2.26. The van der Waals surface area contributed by atoms with Crippen LogP contribution >= 0.6 is 0 Å². The number of hydrogen-bond donors (Lipinski definition) is 1. The molecule has 4 heterocycles. The molecule has 0 atom stereocenters. The Morgan fingerprint density at radius 3 is 2.32 bits per heavy atom. The van der Waals surface area contributed by atoms with Gasteiger partial charge in [0.25, 0.3) is 0 Å². The van der Waals surface area contributed by atoms with Gasteiger partial charge in [0, 0.05) is 42.9 Å². The molecular formula is C18H25N7. The average Bonchev–Trinajstić information content (AvgIpc) is 3.22. The van der Waals surface area contributed by atoms with E-state index in [9.17, 15) is 0 Å². The molecule has 1 fully saturated rings. The summed E-state index contributed by atoms with van der Waals surface area (Å²) in [5.74, 6) is 3.01. The lowest BCUT2D eigenvalue weighted by atomic mass is 9.95. The summed E-state index contributed by atoms with van der Waals surface area (Å²) in [5.41, 5.74) is 8.17. The van der Waals surface area contributed by atoms with E-state index in [2.05, 4.69) is 45.5 Å². The minimum atomic E-state index is -0.0509. The third kappa shape index (κ3) is 3.10. The van der Waals surface area contributed by atoms with E-state index in [0.29, 0.717) is 5.95 Å². The van der Waals surface area contributed by atoms with E-state index in [1.54, 1.807) is 0 Å². The number of anilines is 3. The van der Waals surface area contributed by atoms with Crippen LogP contribution in [0, 0.1) is 0 Å². The maximum atomic E-state index is 5.98. The standard InChI is InChI=1S/C18H25N7/c1-18(2,3)16-20-9-12-10-25(11-13(12)21-16)15-8-14(22-17(19)23-15)24-6-4-5-7-24/h8-9H,4-7,10-11H2,1-3H3,(H2,19,22,23). The van der Waals surface area contributed by atoms with Crippen LogP contribution in [0.5, 0.6) is 0 Å². The molecule has 2 aromatic rings. The molecule has 7 nitrogen and oxygen atoms in total. The average molecular weight is 339 g/mol. The van der Waals surface area contributed by atoms with Crippen LogP contribution in [0.2, 0.25) is 0 Å². The summed E-state index contributed by atoms with van der Waals surface area (Å²) in [6.45, 7) is 9.97. The minimum absolute atomic E-state index is 0.0509. The van der Waals surface area contributed by atoms with E-state index in [1.165, 1.54) is 12.8 Å². The third-order valence-electron chi connectivity index (χ3n) is 4.80. The Kier molecular flexibility index (Phi) is 3.74. The number of hydrogen-bond acceptors (Lipinski definition) is 7. The highest BCUT2D eigenvalue weighted by molar-refractivity contribution is 5.56. The van der Waals surface area contributed by atoms with Gasteiger partial charge >= 0.3 is 0 Å². The van der Waals surface area contributed by atoms with Gasteiger partial charge in [0.2, 0.25) is 5.95 Å². The molecule has 0 amide bonds. The Morgan fingerprint density at radius 1 is 0.960 bits per heavy atom. The fourth-order valence-corrected chi connectivity index (χ4v) is 3.39. The molecule has 0 aromatic carbocycles. The molecule has 0 spiro atoms. The first-order valence-corrected chi connectivity index (χ1v) is 8.90. The smallest absolute Gasteiger partial charge is 0.223 e. The van der Waals surface area contributed by atoms with Crippen LogP contribution in [0.25, 0.3) is 0 Å². The van der Waals surface area contributed by atoms with Gasteiger partial charge < -0.3 is 15.5 Å². The van der Waals surface area contributed by atoms with Crippen LogP contribution in [0.1, 0.15) is 50.7 Å². The van der Waals surface area contributed by atoms with Gasteiger partial charge in [-0.25, -0.2) is 9.97 Å². The Labute approximate surface area is 148 Å². The lowest BCUT2D eigenvalue weighted by Gasteiger charge is -2.21. The minimum Gasteiger partial charge on any atom is -0.368 e. The van der Waals surface area contributed by atoms with Gasteiger partial charge in [-0.05, 0) is 12.8 Å². The van der Waals surface area contributed by atoms with Gasteiger partial charge in [-0.15, -0.1) is 0 Å². The van der Waals surface area contributed by atoms with Crippen LogP contribution < -0.4 is 15.5 Å². The predicted molar refractivity (Wildman–Crippen MR) is 98.5 cm³/mol. The van der Waals surface area contributed by atoms with Gasteiger partial charge in [-0.3, -0.25) is 0 Å². The quantitative estimate of drug-likeness (QED) is 0.898. The van der Waals surface area contributed by atoms with E-state index < -0.39 is 0 Å². The molecule has 0 aliphatic carbocycles. The zero-order chi connectivity index (χ0) is 17.6. The summed E-state index contributed by atoms with van der Waals surface area (Å²) >= 11 is 0. The number of aromatic nitrogens is 4. The van der Waals surface area contributed by atoms with Crippen molar-refractivity contribution in [2.24, 2.45) is 0 Å². The Balaban J connectivity index is 1.61. The van der Waals surface area contributed by atoms with Crippen molar-refractivity contribution < 1.29 is 0 Å². The summed E-state index contributed by atoms with van der Waals surface area (Å²) in [6, 6.07) is 2.05. The maximum Gasteiger partial charge on any atom is 0.223 e. The lowest BCUT2D eigenvalue weighted by Crippen LogP contribution is -2.22. The van der Waals surface area contributed by atoms with Gasteiger partial charge in [-0.1, -0.05) is 20.8 Å². The second-order valence-electron chi connectivity index (χ2n) is 7.91. The molecule has 2 aliphatic rings. The molecule has 0 bridgehead atoms. The normalized spacial score (nSPS) is 17.2. The molecule has 2 aliphatic heterocycles. The van der Waals surface area contributed by atoms with Gasteiger partial charge in [0.1, 0.15) is 17.5 Å². The molecule has 25 heavy (non-hydrogen) atoms. The van der Waals surface area contributed by atoms with Crippen LogP contribution in [0.3, 0.4) is 0 Å². The Bertz CT molecular complexity index is 790. The molecular weight excluding hydrogens is 314 g/mol. The first-order valence-electron chi connectivity index (χ1n) is 8.90. The first-order chi connectivity index (χ1) is 11.9. The highest BCUT2D eigenvalue weighted by atomic mass is 15.3. The van der Waals surface area contributed by atoms with Crippen LogP contribution in [-0.4, -0.2) is 33.0 Å². The number of nitrogen functional groups attached to an aromatic ring is 1. The Morgan fingerprint density at radius 2 is 1.64 bits per heavy atom.